The van der Waals surface area contributed by atoms with E-state index in [-0.39, 0.29) is 0 Å². The van der Waals surface area contributed by atoms with Crippen LogP contribution in [0.2, 0.25) is 0 Å². The minimum Gasteiger partial charge on any atom is -0.204 e. The van der Waals surface area contributed by atoms with Crippen LogP contribution in [0.4, 0.5) is 13.2 Å². The van der Waals surface area contributed by atoms with Crippen LogP contribution in [0.15, 0.2) is 24.3 Å². The van der Waals surface area contributed by atoms with Crippen molar-refractivity contribution >= 4 is 0 Å². The van der Waals surface area contributed by atoms with Crippen molar-refractivity contribution in [3.8, 4) is 0 Å². The lowest BCUT2D eigenvalue weighted by Gasteiger charge is -2.26. The molecule has 0 nitrogen and oxygen atoms in total. The van der Waals surface area contributed by atoms with Gasteiger partial charge >= 0.3 is 0 Å². The standard InChI is InChI=1S/C18H23F3/c1-2-3-4-13-5-7-14(8-6-13)9-10-15-11-16(19)18(21)17(20)12-15/h3-4,11-14H,2,5-10H2,1H3. The Morgan fingerprint density at radius 1 is 1.05 bits per heavy atom. The monoisotopic (exact) mass is 296 g/mol. The van der Waals surface area contributed by atoms with Crippen LogP contribution in [0.5, 0.6) is 0 Å². The van der Waals surface area contributed by atoms with Crippen LogP contribution in [-0.4, -0.2) is 0 Å². The van der Waals surface area contributed by atoms with Gasteiger partial charge in [0.15, 0.2) is 17.5 Å². The van der Waals surface area contributed by atoms with Crippen molar-refractivity contribution in [2.75, 3.05) is 0 Å². The number of hydrogen-bond donors (Lipinski definition) is 0. The molecule has 21 heavy (non-hydrogen) atoms. The molecule has 1 aliphatic carbocycles. The highest BCUT2D eigenvalue weighted by atomic mass is 19.2. The molecule has 1 aliphatic rings. The fourth-order valence-electron chi connectivity index (χ4n) is 3.12. The molecule has 2 rings (SSSR count). The first kappa shape index (κ1) is 16.1. The molecule has 0 spiro atoms. The topological polar surface area (TPSA) is 0 Å². The van der Waals surface area contributed by atoms with Crippen molar-refractivity contribution in [2.45, 2.75) is 51.9 Å². The molecule has 0 aromatic heterocycles. The minimum absolute atomic E-state index is 0.555. The fraction of sp³-hybridized carbons (Fsp3) is 0.556. The normalized spacial score (nSPS) is 22.9. The molecule has 0 amide bonds. The Bertz CT molecular complexity index is 462. The van der Waals surface area contributed by atoms with E-state index in [0.29, 0.717) is 23.8 Å². The van der Waals surface area contributed by atoms with Gasteiger partial charge < -0.3 is 0 Å². The van der Waals surface area contributed by atoms with Gasteiger partial charge in [-0.3, -0.25) is 0 Å². The van der Waals surface area contributed by atoms with Crippen molar-refractivity contribution < 1.29 is 13.2 Å². The van der Waals surface area contributed by atoms with Crippen molar-refractivity contribution in [1.82, 2.24) is 0 Å². The van der Waals surface area contributed by atoms with E-state index in [9.17, 15) is 13.2 Å². The smallest absolute Gasteiger partial charge is 0.194 e. The Morgan fingerprint density at radius 3 is 2.24 bits per heavy atom. The third kappa shape index (κ3) is 4.62. The number of hydrogen-bond acceptors (Lipinski definition) is 0. The summed E-state index contributed by atoms with van der Waals surface area (Å²) in [5, 5.41) is 0. The van der Waals surface area contributed by atoms with E-state index in [2.05, 4.69) is 19.1 Å². The average molecular weight is 296 g/mol. The maximum absolute atomic E-state index is 13.2. The average Bonchev–Trinajstić information content (AvgIpc) is 2.49. The molecule has 1 saturated carbocycles. The van der Waals surface area contributed by atoms with Crippen LogP contribution in [0, 0.1) is 29.3 Å². The van der Waals surface area contributed by atoms with Crippen molar-refractivity contribution in [3.63, 3.8) is 0 Å². The van der Waals surface area contributed by atoms with Gasteiger partial charge in [0.05, 0.1) is 0 Å². The molecule has 1 aromatic rings. The first-order chi connectivity index (χ1) is 10.1. The van der Waals surface area contributed by atoms with Gasteiger partial charge in [0, 0.05) is 0 Å². The number of aryl methyl sites for hydroxylation is 1. The molecule has 1 fully saturated rings. The van der Waals surface area contributed by atoms with Gasteiger partial charge in [-0.1, -0.05) is 19.1 Å². The van der Waals surface area contributed by atoms with Gasteiger partial charge in [-0.25, -0.2) is 13.2 Å². The summed E-state index contributed by atoms with van der Waals surface area (Å²) in [6.45, 7) is 2.14. The third-order valence-corrected chi connectivity index (χ3v) is 4.42. The zero-order chi connectivity index (χ0) is 15.2. The Balaban J connectivity index is 1.81. The van der Waals surface area contributed by atoms with Crippen LogP contribution in [0.25, 0.3) is 0 Å². The van der Waals surface area contributed by atoms with Crippen LogP contribution in [0.1, 0.15) is 51.0 Å². The summed E-state index contributed by atoms with van der Waals surface area (Å²) in [6, 6.07) is 2.24. The molecule has 0 bridgehead atoms. The van der Waals surface area contributed by atoms with Crippen molar-refractivity contribution in [1.29, 1.82) is 0 Å². The second-order valence-electron chi connectivity index (χ2n) is 6.03. The van der Waals surface area contributed by atoms with Crippen molar-refractivity contribution in [2.24, 2.45) is 11.8 Å². The zero-order valence-electron chi connectivity index (χ0n) is 12.5. The van der Waals surface area contributed by atoms with E-state index in [0.717, 1.165) is 25.0 Å². The lowest BCUT2D eigenvalue weighted by Crippen LogP contribution is -2.14. The zero-order valence-corrected chi connectivity index (χ0v) is 12.5. The molecule has 0 radical (unpaired) electrons. The summed E-state index contributed by atoms with van der Waals surface area (Å²) in [7, 11) is 0. The van der Waals surface area contributed by atoms with E-state index in [4.69, 9.17) is 0 Å². The molecule has 116 valence electrons. The maximum Gasteiger partial charge on any atom is 0.194 e. The molecular formula is C18H23F3. The van der Waals surface area contributed by atoms with Gasteiger partial charge in [0.25, 0.3) is 0 Å². The highest BCUT2D eigenvalue weighted by Gasteiger charge is 2.19. The van der Waals surface area contributed by atoms with Gasteiger partial charge in [-0.2, -0.15) is 0 Å². The fourth-order valence-corrected chi connectivity index (χ4v) is 3.12. The summed E-state index contributed by atoms with van der Waals surface area (Å²) >= 11 is 0. The second-order valence-corrected chi connectivity index (χ2v) is 6.03. The molecule has 0 aliphatic heterocycles. The summed E-state index contributed by atoms with van der Waals surface area (Å²) in [5.74, 6) is -2.23. The first-order valence-corrected chi connectivity index (χ1v) is 7.90. The molecule has 0 unspecified atom stereocenters. The number of allylic oxidation sites excluding steroid dienone is 2. The highest BCUT2D eigenvalue weighted by Crippen LogP contribution is 2.32. The first-order valence-electron chi connectivity index (χ1n) is 7.90. The lowest BCUT2D eigenvalue weighted by molar-refractivity contribution is 0.295. The van der Waals surface area contributed by atoms with Gasteiger partial charge in [-0.15, -0.1) is 0 Å². The predicted molar refractivity (Wildman–Crippen MR) is 79.5 cm³/mol. The Hall–Kier alpha value is -1.25. The predicted octanol–water partition coefficient (Wildman–Crippen LogP) is 5.81. The van der Waals surface area contributed by atoms with Crippen molar-refractivity contribution in [3.05, 3.63) is 47.3 Å². The molecule has 0 heterocycles. The highest BCUT2D eigenvalue weighted by molar-refractivity contribution is 5.19. The SMILES string of the molecule is CCC=CC1CCC(CCc2cc(F)c(F)c(F)c2)CC1. The molecular weight excluding hydrogens is 273 g/mol. The summed E-state index contributed by atoms with van der Waals surface area (Å²) in [6.07, 6.45) is 11.9. The minimum atomic E-state index is -1.37. The Kier molecular flexibility index (Phi) is 5.89. The van der Waals surface area contributed by atoms with Crippen LogP contribution in [0.3, 0.4) is 0 Å². The van der Waals surface area contributed by atoms with E-state index >= 15 is 0 Å². The molecule has 0 saturated heterocycles. The van der Waals surface area contributed by atoms with Gasteiger partial charge in [0.1, 0.15) is 0 Å². The molecule has 0 atom stereocenters. The summed E-state index contributed by atoms with van der Waals surface area (Å²) < 4.78 is 39.2. The molecule has 3 heteroatoms. The summed E-state index contributed by atoms with van der Waals surface area (Å²) in [5.41, 5.74) is 0.555. The largest absolute Gasteiger partial charge is 0.204 e. The molecule has 0 N–H and O–H groups in total. The maximum atomic E-state index is 13.2. The number of benzene rings is 1. The van der Waals surface area contributed by atoms with E-state index in [1.165, 1.54) is 25.7 Å². The van der Waals surface area contributed by atoms with Crippen LogP contribution >= 0.6 is 0 Å². The van der Waals surface area contributed by atoms with E-state index in [1.54, 1.807) is 0 Å². The second kappa shape index (κ2) is 7.67. The third-order valence-electron chi connectivity index (χ3n) is 4.42. The Morgan fingerprint density at radius 2 is 1.67 bits per heavy atom. The van der Waals surface area contributed by atoms with E-state index < -0.39 is 17.5 Å². The van der Waals surface area contributed by atoms with Gasteiger partial charge in [-0.05, 0) is 74.5 Å². The van der Waals surface area contributed by atoms with E-state index in [1.807, 2.05) is 0 Å². The Labute approximate surface area is 125 Å². The van der Waals surface area contributed by atoms with Crippen LogP contribution < -0.4 is 0 Å². The lowest BCUT2D eigenvalue weighted by atomic mass is 9.79. The number of rotatable bonds is 5. The van der Waals surface area contributed by atoms with Crippen LogP contribution in [-0.2, 0) is 6.42 Å². The number of halogens is 3. The quantitative estimate of drug-likeness (QED) is 0.475. The van der Waals surface area contributed by atoms with Gasteiger partial charge in [0.2, 0.25) is 0 Å². The molecule has 1 aromatic carbocycles. The summed E-state index contributed by atoms with van der Waals surface area (Å²) in [4.78, 5) is 0.